The number of ether oxygens (including phenoxy) is 1. The van der Waals surface area contributed by atoms with Gasteiger partial charge in [0, 0.05) is 5.69 Å². The number of halogens is 3. The van der Waals surface area contributed by atoms with Crippen LogP contribution in [0, 0.1) is 5.92 Å². The zero-order chi connectivity index (χ0) is 13.3. The monoisotopic (exact) mass is 261 g/mol. The summed E-state index contributed by atoms with van der Waals surface area (Å²) in [5.41, 5.74) is 1.54. The SMILES string of the molecule is CCOC(=O)c1cc2c([nH]1)CCC(C(F)(F)F)C2. The molecule has 6 heteroatoms. The molecule has 0 radical (unpaired) electrons. The number of nitrogens with one attached hydrogen (secondary N) is 1. The Kier molecular flexibility index (Phi) is 3.36. The zero-order valence-corrected chi connectivity index (χ0v) is 9.93. The molecule has 1 aliphatic rings. The van der Waals surface area contributed by atoms with Crippen LogP contribution in [-0.2, 0) is 17.6 Å². The van der Waals surface area contributed by atoms with Crippen LogP contribution in [0.15, 0.2) is 6.07 Å². The first kappa shape index (κ1) is 13.0. The van der Waals surface area contributed by atoms with Gasteiger partial charge < -0.3 is 9.72 Å². The predicted octanol–water partition coefficient (Wildman–Crippen LogP) is 2.86. The van der Waals surface area contributed by atoms with Crippen LogP contribution in [0.4, 0.5) is 13.2 Å². The number of aromatic amines is 1. The Morgan fingerprint density at radius 1 is 1.56 bits per heavy atom. The van der Waals surface area contributed by atoms with Gasteiger partial charge in [-0.25, -0.2) is 4.79 Å². The summed E-state index contributed by atoms with van der Waals surface area (Å²) in [6.07, 6.45) is -3.84. The molecule has 0 amide bonds. The van der Waals surface area contributed by atoms with E-state index in [1.807, 2.05) is 0 Å². The van der Waals surface area contributed by atoms with Crippen molar-refractivity contribution in [1.82, 2.24) is 4.98 Å². The van der Waals surface area contributed by atoms with Crippen molar-refractivity contribution in [2.24, 2.45) is 5.92 Å². The number of aryl methyl sites for hydroxylation is 1. The summed E-state index contributed by atoms with van der Waals surface area (Å²) >= 11 is 0. The third-order valence-electron chi connectivity index (χ3n) is 3.16. The zero-order valence-electron chi connectivity index (χ0n) is 9.93. The maximum atomic E-state index is 12.6. The molecule has 3 nitrogen and oxygen atoms in total. The second-order valence-electron chi connectivity index (χ2n) is 4.39. The summed E-state index contributed by atoms with van der Waals surface area (Å²) < 4.78 is 42.7. The Morgan fingerprint density at radius 2 is 2.28 bits per heavy atom. The van der Waals surface area contributed by atoms with Gasteiger partial charge in [0.05, 0.1) is 12.5 Å². The van der Waals surface area contributed by atoms with Crippen LogP contribution in [0.25, 0.3) is 0 Å². The first-order chi connectivity index (χ1) is 8.41. The Labute approximate surface area is 102 Å². The van der Waals surface area contributed by atoms with E-state index in [1.165, 1.54) is 6.07 Å². The molecule has 18 heavy (non-hydrogen) atoms. The molecular weight excluding hydrogens is 247 g/mol. The van der Waals surface area contributed by atoms with Crippen molar-refractivity contribution < 1.29 is 22.7 Å². The van der Waals surface area contributed by atoms with E-state index in [-0.39, 0.29) is 25.1 Å². The van der Waals surface area contributed by atoms with Crippen molar-refractivity contribution in [3.05, 3.63) is 23.0 Å². The van der Waals surface area contributed by atoms with Crippen LogP contribution < -0.4 is 0 Å². The first-order valence-electron chi connectivity index (χ1n) is 5.86. The maximum Gasteiger partial charge on any atom is 0.392 e. The van der Waals surface area contributed by atoms with Gasteiger partial charge in [-0.15, -0.1) is 0 Å². The van der Waals surface area contributed by atoms with Gasteiger partial charge in [-0.2, -0.15) is 13.2 Å². The summed E-state index contributed by atoms with van der Waals surface area (Å²) in [6, 6.07) is 1.48. The number of fused-ring (bicyclic) bond motifs is 1. The topological polar surface area (TPSA) is 42.1 Å². The fourth-order valence-electron chi connectivity index (χ4n) is 2.23. The number of esters is 1. The average Bonchev–Trinajstić information content (AvgIpc) is 2.70. The highest BCUT2D eigenvalue weighted by Crippen LogP contribution is 2.37. The van der Waals surface area contributed by atoms with Gasteiger partial charge in [-0.1, -0.05) is 0 Å². The predicted molar refractivity (Wildman–Crippen MR) is 58.3 cm³/mol. The minimum absolute atomic E-state index is 0.0608. The van der Waals surface area contributed by atoms with E-state index in [9.17, 15) is 18.0 Å². The molecule has 1 heterocycles. The third kappa shape index (κ3) is 2.52. The van der Waals surface area contributed by atoms with Gasteiger partial charge in [-0.3, -0.25) is 0 Å². The maximum absolute atomic E-state index is 12.6. The molecule has 0 aromatic carbocycles. The molecule has 0 saturated carbocycles. The number of hydrogen-bond donors (Lipinski definition) is 1. The fraction of sp³-hybridized carbons (Fsp3) is 0.583. The third-order valence-corrected chi connectivity index (χ3v) is 3.16. The van der Waals surface area contributed by atoms with E-state index in [1.54, 1.807) is 6.92 Å². The number of carbonyl (C=O) groups is 1. The summed E-state index contributed by atoms with van der Waals surface area (Å²) in [6.45, 7) is 1.92. The van der Waals surface area contributed by atoms with Gasteiger partial charge in [0.2, 0.25) is 0 Å². The molecule has 0 spiro atoms. The standard InChI is InChI=1S/C12H14F3NO2/c1-2-18-11(17)10-6-7-5-8(12(13,14)15)3-4-9(7)16-10/h6,8,16H,2-5H2,1H3. The molecule has 2 rings (SSSR count). The largest absolute Gasteiger partial charge is 0.461 e. The van der Waals surface area contributed by atoms with Crippen LogP contribution in [0.2, 0.25) is 0 Å². The van der Waals surface area contributed by atoms with Crippen LogP contribution >= 0.6 is 0 Å². The normalized spacial score (nSPS) is 19.4. The Morgan fingerprint density at radius 3 is 2.89 bits per heavy atom. The molecule has 1 unspecified atom stereocenters. The summed E-state index contributed by atoms with van der Waals surface area (Å²) in [5.74, 6) is -1.83. The number of H-pyrrole nitrogens is 1. The van der Waals surface area contributed by atoms with Gasteiger partial charge in [0.1, 0.15) is 5.69 Å². The van der Waals surface area contributed by atoms with Crippen LogP contribution in [0.5, 0.6) is 0 Å². The van der Waals surface area contributed by atoms with E-state index in [0.717, 1.165) is 5.69 Å². The number of aromatic nitrogens is 1. The lowest BCUT2D eigenvalue weighted by molar-refractivity contribution is -0.177. The lowest BCUT2D eigenvalue weighted by atomic mass is 9.87. The average molecular weight is 261 g/mol. The first-order valence-corrected chi connectivity index (χ1v) is 5.86. The highest BCUT2D eigenvalue weighted by molar-refractivity contribution is 5.87. The van der Waals surface area contributed by atoms with E-state index in [2.05, 4.69) is 4.98 Å². The molecule has 0 bridgehead atoms. The number of alkyl halides is 3. The van der Waals surface area contributed by atoms with Crippen molar-refractivity contribution in [3.8, 4) is 0 Å². The molecule has 1 aliphatic carbocycles. The van der Waals surface area contributed by atoms with E-state index >= 15 is 0 Å². The molecule has 1 N–H and O–H groups in total. The van der Waals surface area contributed by atoms with Gasteiger partial charge in [-0.05, 0) is 37.8 Å². The second kappa shape index (κ2) is 4.66. The van der Waals surface area contributed by atoms with Gasteiger partial charge in [0.15, 0.2) is 0 Å². The summed E-state index contributed by atoms with van der Waals surface area (Å²) in [4.78, 5) is 14.3. The summed E-state index contributed by atoms with van der Waals surface area (Å²) in [7, 11) is 0. The van der Waals surface area contributed by atoms with Crippen LogP contribution in [0.1, 0.15) is 35.1 Å². The lowest BCUT2D eigenvalue weighted by Crippen LogP contribution is -2.28. The highest BCUT2D eigenvalue weighted by atomic mass is 19.4. The minimum Gasteiger partial charge on any atom is -0.461 e. The molecule has 1 aromatic heterocycles. The summed E-state index contributed by atoms with van der Waals surface area (Å²) in [5, 5.41) is 0. The van der Waals surface area contributed by atoms with E-state index in [0.29, 0.717) is 12.0 Å². The van der Waals surface area contributed by atoms with Gasteiger partial charge >= 0.3 is 12.1 Å². The fourth-order valence-corrected chi connectivity index (χ4v) is 2.23. The van der Waals surface area contributed by atoms with Gasteiger partial charge in [0.25, 0.3) is 0 Å². The lowest BCUT2D eigenvalue weighted by Gasteiger charge is -2.24. The van der Waals surface area contributed by atoms with Crippen molar-refractivity contribution in [2.45, 2.75) is 32.4 Å². The van der Waals surface area contributed by atoms with Crippen LogP contribution in [-0.4, -0.2) is 23.7 Å². The quantitative estimate of drug-likeness (QED) is 0.832. The Bertz CT molecular complexity index is 451. The molecule has 0 fully saturated rings. The van der Waals surface area contributed by atoms with Crippen molar-refractivity contribution in [2.75, 3.05) is 6.61 Å². The smallest absolute Gasteiger partial charge is 0.392 e. The molecular formula is C12H14F3NO2. The van der Waals surface area contributed by atoms with Crippen molar-refractivity contribution >= 4 is 5.97 Å². The minimum atomic E-state index is -4.17. The number of carbonyl (C=O) groups excluding carboxylic acids is 1. The van der Waals surface area contributed by atoms with Crippen molar-refractivity contribution in [3.63, 3.8) is 0 Å². The second-order valence-corrected chi connectivity index (χ2v) is 4.39. The molecule has 0 aliphatic heterocycles. The molecule has 0 saturated heterocycles. The number of rotatable bonds is 2. The Hall–Kier alpha value is -1.46. The van der Waals surface area contributed by atoms with Crippen LogP contribution in [0.3, 0.4) is 0 Å². The van der Waals surface area contributed by atoms with E-state index in [4.69, 9.17) is 4.74 Å². The Balaban J connectivity index is 2.16. The number of hydrogen-bond acceptors (Lipinski definition) is 2. The molecule has 100 valence electrons. The molecule has 1 aromatic rings. The van der Waals surface area contributed by atoms with E-state index < -0.39 is 18.1 Å². The molecule has 1 atom stereocenters. The highest BCUT2D eigenvalue weighted by Gasteiger charge is 2.41. The van der Waals surface area contributed by atoms with Crippen molar-refractivity contribution in [1.29, 1.82) is 0 Å².